The van der Waals surface area contributed by atoms with Gasteiger partial charge in [-0.15, -0.1) is 0 Å². The van der Waals surface area contributed by atoms with E-state index in [4.69, 9.17) is 9.47 Å². The zero-order valence-electron chi connectivity index (χ0n) is 16.6. The standard InChI is InChI=1S/C19H24N2O7/c1-6-27-16(23)19(5,11-20(25)26)14-12-9-7-8-10-13(12)21(15(14)22)17(24)28-18(2,3)4/h7-10,14H,6,11H2,1-5H3/t14-,19-/m0/s1. The van der Waals surface area contributed by atoms with Crippen molar-refractivity contribution in [3.63, 3.8) is 0 Å². The Hall–Kier alpha value is -2.97. The van der Waals surface area contributed by atoms with Gasteiger partial charge in [-0.3, -0.25) is 19.7 Å². The van der Waals surface area contributed by atoms with E-state index in [2.05, 4.69) is 0 Å². The molecule has 1 aromatic rings. The number of nitrogens with zero attached hydrogens (tertiary/aromatic N) is 2. The fourth-order valence-corrected chi connectivity index (χ4v) is 3.27. The molecule has 0 saturated carbocycles. The zero-order chi connectivity index (χ0) is 21.3. The van der Waals surface area contributed by atoms with E-state index in [1.807, 2.05) is 0 Å². The van der Waals surface area contributed by atoms with Gasteiger partial charge in [-0.25, -0.2) is 9.69 Å². The van der Waals surface area contributed by atoms with E-state index in [0.29, 0.717) is 5.56 Å². The van der Waals surface area contributed by atoms with Crippen molar-refractivity contribution in [2.24, 2.45) is 5.41 Å². The van der Waals surface area contributed by atoms with Gasteiger partial charge in [-0.1, -0.05) is 18.2 Å². The number of benzene rings is 1. The Bertz CT molecular complexity index is 815. The van der Waals surface area contributed by atoms with Crippen molar-refractivity contribution in [3.8, 4) is 0 Å². The van der Waals surface area contributed by atoms with E-state index in [1.165, 1.54) is 13.0 Å². The Kier molecular flexibility index (Phi) is 5.77. The third kappa shape index (κ3) is 3.97. The first-order valence-electron chi connectivity index (χ1n) is 8.87. The van der Waals surface area contributed by atoms with E-state index >= 15 is 0 Å². The van der Waals surface area contributed by atoms with Gasteiger partial charge in [-0.05, 0) is 46.2 Å². The summed E-state index contributed by atoms with van der Waals surface area (Å²) < 4.78 is 10.3. The minimum absolute atomic E-state index is 0.00444. The molecule has 0 radical (unpaired) electrons. The number of carbonyl (C=O) groups excluding carboxylic acids is 3. The van der Waals surface area contributed by atoms with Crippen molar-refractivity contribution in [1.82, 2.24) is 0 Å². The molecule has 0 bridgehead atoms. The summed E-state index contributed by atoms with van der Waals surface area (Å²) in [5.74, 6) is -2.88. The van der Waals surface area contributed by atoms with Gasteiger partial charge in [0, 0.05) is 4.92 Å². The number of para-hydroxylation sites is 1. The summed E-state index contributed by atoms with van der Waals surface area (Å²) in [7, 11) is 0. The van der Waals surface area contributed by atoms with Gasteiger partial charge in [0.1, 0.15) is 11.0 Å². The summed E-state index contributed by atoms with van der Waals surface area (Å²) in [6.07, 6.45) is -0.903. The Labute approximate surface area is 162 Å². The minimum atomic E-state index is -1.79. The Morgan fingerprint density at radius 2 is 1.82 bits per heavy atom. The van der Waals surface area contributed by atoms with Crippen LogP contribution in [-0.4, -0.2) is 41.6 Å². The lowest BCUT2D eigenvalue weighted by molar-refractivity contribution is -0.494. The summed E-state index contributed by atoms with van der Waals surface area (Å²) in [6.45, 7) is 7.04. The smallest absolute Gasteiger partial charge is 0.421 e. The Balaban J connectivity index is 2.58. The third-order valence-electron chi connectivity index (χ3n) is 4.37. The molecule has 152 valence electrons. The van der Waals surface area contributed by atoms with Crippen molar-refractivity contribution in [1.29, 1.82) is 0 Å². The van der Waals surface area contributed by atoms with Gasteiger partial charge < -0.3 is 9.47 Å². The molecule has 28 heavy (non-hydrogen) atoms. The number of carbonyl (C=O) groups is 3. The highest BCUT2D eigenvalue weighted by molar-refractivity contribution is 6.20. The molecule has 0 aromatic heterocycles. The van der Waals surface area contributed by atoms with Crippen LogP contribution in [0, 0.1) is 15.5 Å². The lowest BCUT2D eigenvalue weighted by Crippen LogP contribution is -2.47. The molecule has 9 heteroatoms. The van der Waals surface area contributed by atoms with Crippen molar-refractivity contribution < 1.29 is 28.8 Å². The fourth-order valence-electron chi connectivity index (χ4n) is 3.27. The fraction of sp³-hybridized carbons (Fsp3) is 0.526. The molecule has 0 N–H and O–H groups in total. The average Bonchev–Trinajstić information content (AvgIpc) is 2.85. The van der Waals surface area contributed by atoms with Crippen molar-refractivity contribution in [3.05, 3.63) is 39.9 Å². The number of esters is 1. The van der Waals surface area contributed by atoms with Gasteiger partial charge in [0.05, 0.1) is 18.2 Å². The second-order valence-corrected chi connectivity index (χ2v) is 7.77. The van der Waals surface area contributed by atoms with Crippen LogP contribution in [0.1, 0.15) is 46.1 Å². The van der Waals surface area contributed by atoms with Crippen LogP contribution in [0.15, 0.2) is 24.3 Å². The highest BCUT2D eigenvalue weighted by Crippen LogP contribution is 2.48. The van der Waals surface area contributed by atoms with Gasteiger partial charge in [-0.2, -0.15) is 0 Å². The minimum Gasteiger partial charge on any atom is -0.465 e. The molecular formula is C19H24N2O7. The number of ether oxygens (including phenoxy) is 2. The van der Waals surface area contributed by atoms with E-state index in [9.17, 15) is 24.5 Å². The van der Waals surface area contributed by atoms with Gasteiger partial charge >= 0.3 is 12.1 Å². The number of nitro groups is 1. The molecular weight excluding hydrogens is 368 g/mol. The van der Waals surface area contributed by atoms with Crippen LogP contribution in [0.5, 0.6) is 0 Å². The van der Waals surface area contributed by atoms with Crippen LogP contribution >= 0.6 is 0 Å². The second kappa shape index (κ2) is 7.57. The molecule has 0 spiro atoms. The molecule has 2 rings (SSSR count). The van der Waals surface area contributed by atoms with Crippen molar-refractivity contribution >= 4 is 23.7 Å². The van der Waals surface area contributed by atoms with E-state index in [0.717, 1.165) is 4.90 Å². The molecule has 2 atom stereocenters. The molecule has 1 aliphatic rings. The maximum Gasteiger partial charge on any atom is 0.421 e. The maximum absolute atomic E-state index is 13.2. The van der Waals surface area contributed by atoms with Crippen LogP contribution in [0.3, 0.4) is 0 Å². The third-order valence-corrected chi connectivity index (χ3v) is 4.37. The Morgan fingerprint density at radius 1 is 1.21 bits per heavy atom. The highest BCUT2D eigenvalue weighted by Gasteiger charge is 2.57. The molecule has 0 unspecified atom stereocenters. The molecule has 2 amide bonds. The first-order valence-corrected chi connectivity index (χ1v) is 8.87. The summed E-state index contributed by atoms with van der Waals surface area (Å²) in [5, 5.41) is 11.3. The normalized spacial score (nSPS) is 18.2. The van der Waals surface area contributed by atoms with Crippen LogP contribution in [0.25, 0.3) is 0 Å². The molecule has 0 fully saturated rings. The van der Waals surface area contributed by atoms with Crippen LogP contribution in [0.4, 0.5) is 10.5 Å². The van der Waals surface area contributed by atoms with Crippen molar-refractivity contribution in [2.45, 2.75) is 46.1 Å². The first-order chi connectivity index (χ1) is 12.9. The lowest BCUT2D eigenvalue weighted by Gasteiger charge is -2.29. The Morgan fingerprint density at radius 3 is 2.36 bits per heavy atom. The summed E-state index contributed by atoms with van der Waals surface area (Å²) in [4.78, 5) is 50.0. The SMILES string of the molecule is CCOC(=O)[C@@](C)(C[N+](=O)[O-])[C@@H]1C(=O)N(C(=O)OC(C)(C)C)c2ccccc21. The van der Waals surface area contributed by atoms with Crippen LogP contribution < -0.4 is 4.90 Å². The lowest BCUT2D eigenvalue weighted by atomic mass is 9.73. The number of hydrogen-bond donors (Lipinski definition) is 0. The molecule has 0 aliphatic carbocycles. The molecule has 1 aliphatic heterocycles. The van der Waals surface area contributed by atoms with Crippen molar-refractivity contribution in [2.75, 3.05) is 18.1 Å². The van der Waals surface area contributed by atoms with Crippen LogP contribution in [0.2, 0.25) is 0 Å². The summed E-state index contributed by atoms with van der Waals surface area (Å²) >= 11 is 0. The zero-order valence-corrected chi connectivity index (χ0v) is 16.6. The average molecular weight is 392 g/mol. The predicted molar refractivity (Wildman–Crippen MR) is 99.5 cm³/mol. The highest BCUT2D eigenvalue weighted by atomic mass is 16.6. The molecule has 0 saturated heterocycles. The maximum atomic E-state index is 13.2. The number of anilines is 1. The summed E-state index contributed by atoms with van der Waals surface area (Å²) in [5.41, 5.74) is -2.06. The first kappa shape index (κ1) is 21.3. The number of imide groups is 1. The van der Waals surface area contributed by atoms with E-state index < -0.39 is 46.4 Å². The number of rotatable bonds is 5. The number of hydrogen-bond acceptors (Lipinski definition) is 7. The monoisotopic (exact) mass is 392 g/mol. The molecule has 1 heterocycles. The molecule has 9 nitrogen and oxygen atoms in total. The number of fused-ring (bicyclic) bond motifs is 1. The van der Waals surface area contributed by atoms with Gasteiger partial charge in [0.25, 0.3) is 0 Å². The van der Waals surface area contributed by atoms with Gasteiger partial charge in [0.15, 0.2) is 0 Å². The predicted octanol–water partition coefficient (Wildman–Crippen LogP) is 2.90. The van der Waals surface area contributed by atoms with Gasteiger partial charge in [0.2, 0.25) is 12.5 Å². The second-order valence-electron chi connectivity index (χ2n) is 7.77. The van der Waals surface area contributed by atoms with E-state index in [-0.39, 0.29) is 12.3 Å². The number of amides is 2. The summed E-state index contributed by atoms with van der Waals surface area (Å²) in [6, 6.07) is 6.37. The topological polar surface area (TPSA) is 116 Å². The molecule has 1 aromatic carbocycles. The van der Waals surface area contributed by atoms with Crippen LogP contribution in [-0.2, 0) is 19.1 Å². The quantitative estimate of drug-likeness (QED) is 0.430. The largest absolute Gasteiger partial charge is 0.465 e. The van der Waals surface area contributed by atoms with E-state index in [1.54, 1.807) is 45.9 Å².